The van der Waals surface area contributed by atoms with Gasteiger partial charge in [-0.1, -0.05) is 46.2 Å². The van der Waals surface area contributed by atoms with E-state index in [0.717, 1.165) is 12.8 Å². The molecule has 0 heterocycles. The topological polar surface area (TPSA) is 64.6 Å². The fourth-order valence-electron chi connectivity index (χ4n) is 2.62. The Kier molecular flexibility index (Phi) is 7.82. The summed E-state index contributed by atoms with van der Waals surface area (Å²) in [6.07, 6.45) is 1.16. The SMILES string of the molecule is CCCCOC(=O)c1ccc(NC(=O)[C@@H](C)Oc2ccc(C(C)(C)C)cc2)cc1. The molecule has 0 radical (unpaired) electrons. The van der Waals surface area contributed by atoms with Gasteiger partial charge in [0.25, 0.3) is 5.91 Å². The summed E-state index contributed by atoms with van der Waals surface area (Å²) in [6, 6.07) is 14.4. The van der Waals surface area contributed by atoms with Gasteiger partial charge in [0, 0.05) is 5.69 Å². The van der Waals surface area contributed by atoms with Gasteiger partial charge in [0.05, 0.1) is 12.2 Å². The Balaban J connectivity index is 1.89. The molecule has 1 atom stereocenters. The van der Waals surface area contributed by atoms with Gasteiger partial charge in [0.2, 0.25) is 0 Å². The van der Waals surface area contributed by atoms with Crippen molar-refractivity contribution in [3.8, 4) is 5.75 Å². The van der Waals surface area contributed by atoms with Crippen molar-refractivity contribution in [2.45, 2.75) is 59.0 Å². The van der Waals surface area contributed by atoms with Crippen LogP contribution >= 0.6 is 0 Å². The number of carbonyl (C=O) groups is 2. The first-order chi connectivity index (χ1) is 13.7. The van der Waals surface area contributed by atoms with Gasteiger partial charge in [-0.15, -0.1) is 0 Å². The first kappa shape index (κ1) is 22.5. The molecule has 0 saturated carbocycles. The molecule has 29 heavy (non-hydrogen) atoms. The maximum atomic E-state index is 12.4. The van der Waals surface area contributed by atoms with E-state index in [0.29, 0.717) is 23.6 Å². The van der Waals surface area contributed by atoms with Gasteiger partial charge in [-0.3, -0.25) is 4.79 Å². The minimum Gasteiger partial charge on any atom is -0.481 e. The molecule has 1 N–H and O–H groups in total. The number of amides is 1. The van der Waals surface area contributed by atoms with Gasteiger partial charge in [-0.05, 0) is 60.7 Å². The van der Waals surface area contributed by atoms with Crippen LogP contribution in [0.2, 0.25) is 0 Å². The van der Waals surface area contributed by atoms with Crippen molar-refractivity contribution >= 4 is 17.6 Å². The highest BCUT2D eigenvalue weighted by atomic mass is 16.5. The zero-order valence-corrected chi connectivity index (χ0v) is 18.0. The predicted molar refractivity (Wildman–Crippen MR) is 115 cm³/mol. The van der Waals surface area contributed by atoms with Gasteiger partial charge in [0.15, 0.2) is 6.10 Å². The third kappa shape index (κ3) is 6.93. The summed E-state index contributed by atoms with van der Waals surface area (Å²) in [7, 11) is 0. The summed E-state index contributed by atoms with van der Waals surface area (Å²) in [5, 5.41) is 2.80. The van der Waals surface area contributed by atoms with Crippen molar-refractivity contribution in [3.05, 3.63) is 59.7 Å². The molecule has 0 aliphatic rings. The number of carbonyl (C=O) groups excluding carboxylic acids is 2. The molecule has 0 spiro atoms. The third-order valence-corrected chi connectivity index (χ3v) is 4.52. The Morgan fingerprint density at radius 1 is 1.00 bits per heavy atom. The van der Waals surface area contributed by atoms with Gasteiger partial charge in [-0.25, -0.2) is 4.79 Å². The molecule has 0 fully saturated rings. The summed E-state index contributed by atoms with van der Waals surface area (Å²) < 4.78 is 10.9. The molecule has 0 unspecified atom stereocenters. The van der Waals surface area contributed by atoms with Crippen molar-refractivity contribution in [2.24, 2.45) is 0 Å². The fraction of sp³-hybridized carbons (Fsp3) is 0.417. The monoisotopic (exact) mass is 397 g/mol. The number of hydrogen-bond donors (Lipinski definition) is 1. The van der Waals surface area contributed by atoms with E-state index in [1.165, 1.54) is 5.56 Å². The molecule has 0 bridgehead atoms. The van der Waals surface area contributed by atoms with E-state index in [1.807, 2.05) is 31.2 Å². The molecule has 2 aromatic carbocycles. The van der Waals surface area contributed by atoms with E-state index in [1.54, 1.807) is 31.2 Å². The second-order valence-electron chi connectivity index (χ2n) is 8.09. The fourth-order valence-corrected chi connectivity index (χ4v) is 2.62. The maximum absolute atomic E-state index is 12.4. The molecular formula is C24H31NO4. The van der Waals surface area contributed by atoms with Gasteiger partial charge in [-0.2, -0.15) is 0 Å². The minimum absolute atomic E-state index is 0.0656. The molecule has 0 aliphatic heterocycles. The van der Waals surface area contributed by atoms with Gasteiger partial charge < -0.3 is 14.8 Å². The Bertz CT molecular complexity index is 804. The van der Waals surface area contributed by atoms with Crippen LogP contribution in [-0.2, 0) is 14.9 Å². The van der Waals surface area contributed by atoms with E-state index in [9.17, 15) is 9.59 Å². The quantitative estimate of drug-likeness (QED) is 0.482. The van der Waals surface area contributed by atoms with Gasteiger partial charge >= 0.3 is 5.97 Å². The summed E-state index contributed by atoms with van der Waals surface area (Å²) in [5.74, 6) is 0.0284. The lowest BCUT2D eigenvalue weighted by molar-refractivity contribution is -0.122. The average Bonchev–Trinajstić information content (AvgIpc) is 2.68. The lowest BCUT2D eigenvalue weighted by Gasteiger charge is -2.20. The smallest absolute Gasteiger partial charge is 0.338 e. The lowest BCUT2D eigenvalue weighted by atomic mass is 9.87. The first-order valence-corrected chi connectivity index (χ1v) is 10.1. The van der Waals surface area contributed by atoms with Crippen LogP contribution in [0.5, 0.6) is 5.75 Å². The minimum atomic E-state index is -0.658. The molecule has 156 valence electrons. The normalized spacial score (nSPS) is 12.2. The zero-order valence-electron chi connectivity index (χ0n) is 18.0. The van der Waals surface area contributed by atoms with E-state index in [4.69, 9.17) is 9.47 Å². The first-order valence-electron chi connectivity index (χ1n) is 10.1. The highest BCUT2D eigenvalue weighted by Crippen LogP contribution is 2.24. The van der Waals surface area contributed by atoms with Crippen LogP contribution in [0.1, 0.15) is 63.4 Å². The number of esters is 1. The average molecular weight is 398 g/mol. The van der Waals surface area contributed by atoms with Crippen molar-refractivity contribution in [1.82, 2.24) is 0 Å². The molecule has 0 aliphatic carbocycles. The Morgan fingerprint density at radius 3 is 2.17 bits per heavy atom. The molecule has 2 aromatic rings. The number of nitrogens with one attached hydrogen (secondary N) is 1. The Morgan fingerprint density at radius 2 is 1.62 bits per heavy atom. The molecule has 5 nitrogen and oxygen atoms in total. The molecule has 0 aromatic heterocycles. The van der Waals surface area contributed by atoms with Crippen molar-refractivity contribution in [2.75, 3.05) is 11.9 Å². The zero-order chi connectivity index (χ0) is 21.4. The van der Waals surface area contributed by atoms with Gasteiger partial charge in [0.1, 0.15) is 5.75 Å². The van der Waals surface area contributed by atoms with Crippen LogP contribution in [0.15, 0.2) is 48.5 Å². The van der Waals surface area contributed by atoms with E-state index in [-0.39, 0.29) is 17.3 Å². The van der Waals surface area contributed by atoms with Crippen LogP contribution in [-0.4, -0.2) is 24.6 Å². The van der Waals surface area contributed by atoms with Crippen molar-refractivity contribution in [1.29, 1.82) is 0 Å². The molecule has 1 amide bonds. The Labute approximate surface area is 173 Å². The van der Waals surface area contributed by atoms with E-state index in [2.05, 4.69) is 26.1 Å². The van der Waals surface area contributed by atoms with Crippen molar-refractivity contribution < 1.29 is 19.1 Å². The third-order valence-electron chi connectivity index (χ3n) is 4.52. The lowest BCUT2D eigenvalue weighted by Crippen LogP contribution is -2.30. The summed E-state index contributed by atoms with van der Waals surface area (Å²) >= 11 is 0. The number of benzene rings is 2. The number of anilines is 1. The molecule has 2 rings (SSSR count). The number of rotatable bonds is 8. The standard InChI is InChI=1S/C24H31NO4/c1-6-7-16-28-23(27)18-8-12-20(13-9-18)25-22(26)17(2)29-21-14-10-19(11-15-21)24(3,4)5/h8-15,17H,6-7,16H2,1-5H3,(H,25,26)/t17-/m1/s1. The Hall–Kier alpha value is -2.82. The second kappa shape index (κ2) is 10.1. The van der Waals surface area contributed by atoms with Crippen LogP contribution in [0.4, 0.5) is 5.69 Å². The highest BCUT2D eigenvalue weighted by Gasteiger charge is 2.17. The summed E-state index contributed by atoms with van der Waals surface area (Å²) in [5.41, 5.74) is 2.33. The van der Waals surface area contributed by atoms with Crippen molar-refractivity contribution in [3.63, 3.8) is 0 Å². The predicted octanol–water partition coefficient (Wildman–Crippen LogP) is 5.35. The van der Waals surface area contributed by atoms with E-state index >= 15 is 0 Å². The van der Waals surface area contributed by atoms with Crippen LogP contribution in [0, 0.1) is 0 Å². The maximum Gasteiger partial charge on any atom is 0.338 e. The molecule has 5 heteroatoms. The van der Waals surface area contributed by atoms with Crippen LogP contribution in [0.25, 0.3) is 0 Å². The number of hydrogen-bond acceptors (Lipinski definition) is 4. The highest BCUT2D eigenvalue weighted by molar-refractivity contribution is 5.95. The van der Waals surface area contributed by atoms with Crippen LogP contribution < -0.4 is 10.1 Å². The molecule has 0 saturated heterocycles. The second-order valence-corrected chi connectivity index (χ2v) is 8.09. The molecular weight excluding hydrogens is 366 g/mol. The number of unbranched alkanes of at least 4 members (excludes halogenated alkanes) is 1. The van der Waals surface area contributed by atoms with Crippen LogP contribution in [0.3, 0.4) is 0 Å². The summed E-state index contributed by atoms with van der Waals surface area (Å²) in [4.78, 5) is 24.3. The largest absolute Gasteiger partial charge is 0.481 e. The summed E-state index contributed by atoms with van der Waals surface area (Å²) in [6.45, 7) is 10.6. The number of ether oxygens (including phenoxy) is 2. The van der Waals surface area contributed by atoms with E-state index < -0.39 is 6.10 Å².